The van der Waals surface area contributed by atoms with Crippen molar-refractivity contribution in [2.45, 2.75) is 116 Å². The second kappa shape index (κ2) is 21.3. The van der Waals surface area contributed by atoms with Crippen molar-refractivity contribution in [3.8, 4) is 0 Å². The van der Waals surface area contributed by atoms with Gasteiger partial charge in [0.05, 0.1) is 11.5 Å². The molecule has 0 fully saturated rings. The summed E-state index contributed by atoms with van der Waals surface area (Å²) >= 11 is 0. The molecule has 1 aromatic carbocycles. The van der Waals surface area contributed by atoms with E-state index in [0.717, 1.165) is 51.4 Å². The van der Waals surface area contributed by atoms with Crippen LogP contribution in [-0.2, 0) is 14.4 Å². The van der Waals surface area contributed by atoms with Gasteiger partial charge in [-0.25, -0.2) is 4.79 Å². The highest BCUT2D eigenvalue weighted by atomic mass is 16.4. The fraction of sp³-hybridized carbons (Fsp3) is 0.645. The molecule has 1 atom stereocenters. The minimum absolute atomic E-state index is 0.0959. The number of hydrogen-bond donors (Lipinski definition) is 5. The molecular formula is C31H48N2O8. The van der Waals surface area contributed by atoms with Crippen molar-refractivity contribution in [1.82, 2.24) is 5.32 Å². The van der Waals surface area contributed by atoms with Crippen LogP contribution < -0.4 is 10.6 Å². The molecule has 0 spiro atoms. The first-order valence-corrected chi connectivity index (χ1v) is 15.0. The van der Waals surface area contributed by atoms with Crippen molar-refractivity contribution >= 4 is 35.4 Å². The molecule has 41 heavy (non-hydrogen) atoms. The zero-order valence-electron chi connectivity index (χ0n) is 24.4. The summed E-state index contributed by atoms with van der Waals surface area (Å²) in [6.07, 6.45) is 14.9. The maximum atomic E-state index is 12.6. The average Bonchev–Trinajstić information content (AvgIpc) is 2.92. The number of anilines is 1. The van der Waals surface area contributed by atoms with Crippen LogP contribution in [0.3, 0.4) is 0 Å². The van der Waals surface area contributed by atoms with E-state index in [1.807, 2.05) is 0 Å². The van der Waals surface area contributed by atoms with Crippen molar-refractivity contribution < 1.29 is 39.3 Å². The topological polar surface area (TPSA) is 170 Å². The van der Waals surface area contributed by atoms with E-state index in [1.165, 1.54) is 43.9 Å². The third-order valence-electron chi connectivity index (χ3n) is 7.04. The molecule has 0 aliphatic rings. The Morgan fingerprint density at radius 3 is 1.68 bits per heavy atom. The predicted octanol–water partition coefficient (Wildman–Crippen LogP) is 6.49. The Bertz CT molecular complexity index is 979. The summed E-state index contributed by atoms with van der Waals surface area (Å²) in [5.41, 5.74) is 0.302. The standard InChI is InChI=1S/C31H48N2O8/c1-23(30(38)39)16-14-15-19-32-29(37)24-20-25(31(40)41)22-26(21-24)33-27(34)17-12-10-8-6-4-2-3-5-7-9-11-13-18-28(35)36/h20-23H,2-19H2,1H3,(H,32,37)(H,33,34)(H,35,36)(H,38,39)(H,40,41)/t23-/m0/s1. The van der Waals surface area contributed by atoms with Gasteiger partial charge in [0.25, 0.3) is 5.91 Å². The van der Waals surface area contributed by atoms with E-state index in [2.05, 4.69) is 10.6 Å². The molecule has 230 valence electrons. The van der Waals surface area contributed by atoms with Gasteiger partial charge in [0.15, 0.2) is 0 Å². The first kappa shape index (κ1) is 35.6. The number of hydrogen-bond acceptors (Lipinski definition) is 5. The molecule has 0 radical (unpaired) electrons. The van der Waals surface area contributed by atoms with Crippen LogP contribution in [0, 0.1) is 5.92 Å². The van der Waals surface area contributed by atoms with Gasteiger partial charge in [-0.3, -0.25) is 19.2 Å². The molecular weight excluding hydrogens is 528 g/mol. The number of carbonyl (C=O) groups is 5. The summed E-state index contributed by atoms with van der Waals surface area (Å²) in [4.78, 5) is 57.9. The average molecular weight is 577 g/mol. The van der Waals surface area contributed by atoms with Crippen LogP contribution in [0.5, 0.6) is 0 Å². The summed E-state index contributed by atoms with van der Waals surface area (Å²) in [6.45, 7) is 1.97. The molecule has 10 nitrogen and oxygen atoms in total. The second-order valence-corrected chi connectivity index (χ2v) is 10.8. The fourth-order valence-corrected chi connectivity index (χ4v) is 4.51. The normalized spacial score (nSPS) is 11.5. The maximum Gasteiger partial charge on any atom is 0.335 e. The number of aliphatic carboxylic acids is 2. The van der Waals surface area contributed by atoms with E-state index in [1.54, 1.807) is 6.92 Å². The Labute approximate surface area is 243 Å². The highest BCUT2D eigenvalue weighted by Gasteiger charge is 2.14. The maximum absolute atomic E-state index is 12.6. The van der Waals surface area contributed by atoms with Gasteiger partial charge >= 0.3 is 17.9 Å². The molecule has 10 heteroatoms. The van der Waals surface area contributed by atoms with Crippen LogP contribution in [-0.4, -0.2) is 51.6 Å². The molecule has 0 aromatic heterocycles. The summed E-state index contributed by atoms with van der Waals surface area (Å²) in [7, 11) is 0. The predicted molar refractivity (Wildman–Crippen MR) is 157 cm³/mol. The van der Waals surface area contributed by atoms with Crippen molar-refractivity contribution in [3.05, 3.63) is 29.3 Å². The quantitative estimate of drug-likeness (QED) is 0.0869. The Hall–Kier alpha value is -3.43. The lowest BCUT2D eigenvalue weighted by Gasteiger charge is -2.11. The Balaban J connectivity index is 2.28. The van der Waals surface area contributed by atoms with Crippen LogP contribution >= 0.6 is 0 Å². The zero-order chi connectivity index (χ0) is 30.5. The highest BCUT2D eigenvalue weighted by Crippen LogP contribution is 2.18. The first-order valence-electron chi connectivity index (χ1n) is 15.0. The molecule has 0 saturated heterocycles. The van der Waals surface area contributed by atoms with Crippen molar-refractivity contribution in [2.24, 2.45) is 5.92 Å². The Kier molecular flexibility index (Phi) is 18.5. The smallest absolute Gasteiger partial charge is 0.335 e. The number of unbranched alkanes of at least 4 members (excludes halogenated alkanes) is 12. The number of nitrogens with one attached hydrogen (secondary N) is 2. The van der Waals surface area contributed by atoms with E-state index in [-0.39, 0.29) is 29.1 Å². The number of benzene rings is 1. The molecule has 0 aliphatic heterocycles. The van der Waals surface area contributed by atoms with Crippen LogP contribution in [0.2, 0.25) is 0 Å². The highest BCUT2D eigenvalue weighted by molar-refractivity contribution is 6.00. The number of carboxylic acid groups (broad SMARTS) is 3. The minimum Gasteiger partial charge on any atom is -0.481 e. The molecule has 1 rings (SSSR count). The Morgan fingerprint density at radius 1 is 0.659 bits per heavy atom. The van der Waals surface area contributed by atoms with Crippen molar-refractivity contribution in [2.75, 3.05) is 11.9 Å². The lowest BCUT2D eigenvalue weighted by molar-refractivity contribution is -0.141. The summed E-state index contributed by atoms with van der Waals surface area (Å²) in [5.74, 6) is -3.90. The number of rotatable bonds is 24. The first-order chi connectivity index (χ1) is 19.6. The summed E-state index contributed by atoms with van der Waals surface area (Å²) in [6, 6.07) is 4.06. The van der Waals surface area contributed by atoms with Gasteiger partial charge in [-0.1, -0.05) is 77.6 Å². The molecule has 0 unspecified atom stereocenters. The molecule has 0 saturated carbocycles. The van der Waals surface area contributed by atoms with E-state index in [0.29, 0.717) is 32.2 Å². The lowest BCUT2D eigenvalue weighted by Crippen LogP contribution is -2.25. The largest absolute Gasteiger partial charge is 0.481 e. The van der Waals surface area contributed by atoms with Crippen LogP contribution in [0.15, 0.2) is 18.2 Å². The summed E-state index contributed by atoms with van der Waals surface area (Å²) < 4.78 is 0. The van der Waals surface area contributed by atoms with Gasteiger partial charge in [-0.15, -0.1) is 0 Å². The monoisotopic (exact) mass is 576 g/mol. The van der Waals surface area contributed by atoms with Crippen molar-refractivity contribution in [3.63, 3.8) is 0 Å². The molecule has 1 aromatic rings. The van der Waals surface area contributed by atoms with Crippen LogP contribution in [0.25, 0.3) is 0 Å². The SMILES string of the molecule is C[C@@H](CCCCNC(=O)c1cc(NC(=O)CCCCCCCCCCCCCCC(=O)O)cc(C(=O)O)c1)C(=O)O. The van der Waals surface area contributed by atoms with Gasteiger partial charge in [0, 0.05) is 30.6 Å². The molecule has 0 heterocycles. The van der Waals surface area contributed by atoms with Crippen molar-refractivity contribution in [1.29, 1.82) is 0 Å². The Morgan fingerprint density at radius 2 is 1.17 bits per heavy atom. The van der Waals surface area contributed by atoms with E-state index in [9.17, 15) is 29.1 Å². The minimum atomic E-state index is -1.20. The third kappa shape index (κ3) is 17.8. The van der Waals surface area contributed by atoms with E-state index >= 15 is 0 Å². The van der Waals surface area contributed by atoms with Gasteiger partial charge in [-0.2, -0.15) is 0 Å². The van der Waals surface area contributed by atoms with E-state index in [4.69, 9.17) is 10.2 Å². The summed E-state index contributed by atoms with van der Waals surface area (Å²) in [5, 5.41) is 32.4. The van der Waals surface area contributed by atoms with Gasteiger partial charge in [0.2, 0.25) is 5.91 Å². The fourth-order valence-electron chi connectivity index (χ4n) is 4.51. The number of carbonyl (C=O) groups excluding carboxylic acids is 2. The third-order valence-corrected chi connectivity index (χ3v) is 7.04. The lowest BCUT2D eigenvalue weighted by atomic mass is 10.0. The zero-order valence-corrected chi connectivity index (χ0v) is 24.4. The number of carboxylic acids is 3. The molecule has 5 N–H and O–H groups in total. The van der Waals surface area contributed by atoms with Crippen LogP contribution in [0.4, 0.5) is 5.69 Å². The number of aromatic carboxylic acids is 1. The van der Waals surface area contributed by atoms with Crippen LogP contribution in [0.1, 0.15) is 137 Å². The van der Waals surface area contributed by atoms with Gasteiger partial charge < -0.3 is 26.0 Å². The molecule has 2 amide bonds. The van der Waals surface area contributed by atoms with Gasteiger partial charge in [-0.05, 0) is 43.9 Å². The second-order valence-electron chi connectivity index (χ2n) is 10.8. The van der Waals surface area contributed by atoms with Gasteiger partial charge in [0.1, 0.15) is 0 Å². The molecule has 0 aliphatic carbocycles. The number of amides is 2. The van der Waals surface area contributed by atoms with E-state index < -0.39 is 29.7 Å². The molecule has 0 bridgehead atoms.